The van der Waals surface area contributed by atoms with Crippen molar-refractivity contribution in [1.82, 2.24) is 14.8 Å². The lowest BCUT2D eigenvalue weighted by Crippen LogP contribution is -2.19. The third kappa shape index (κ3) is 1.18. The Morgan fingerprint density at radius 2 is 2.08 bits per heavy atom. The third-order valence-electron chi connectivity index (χ3n) is 3.15. The van der Waals surface area contributed by atoms with E-state index in [4.69, 9.17) is 0 Å². The minimum atomic E-state index is 0.742. The van der Waals surface area contributed by atoms with E-state index >= 15 is 0 Å². The summed E-state index contributed by atoms with van der Waals surface area (Å²) in [6, 6.07) is 0. The monoisotopic (exact) mass is 177 g/mol. The summed E-state index contributed by atoms with van der Waals surface area (Å²) in [5.41, 5.74) is 0. The number of fused-ring (bicyclic) bond motifs is 1. The number of rotatable bonds is 1. The van der Waals surface area contributed by atoms with Gasteiger partial charge in [0.2, 0.25) is 0 Å². The van der Waals surface area contributed by atoms with E-state index in [2.05, 4.69) is 21.7 Å². The summed E-state index contributed by atoms with van der Waals surface area (Å²) >= 11 is 0. The second-order valence-corrected chi connectivity index (χ2v) is 4.50. The second-order valence-electron chi connectivity index (χ2n) is 4.50. The van der Waals surface area contributed by atoms with Gasteiger partial charge in [0.25, 0.3) is 0 Å². The SMILES string of the molecule is CC1CCc2nnc(C3CC3)n2C1. The number of aryl methyl sites for hydroxylation is 1. The van der Waals surface area contributed by atoms with E-state index in [9.17, 15) is 0 Å². The van der Waals surface area contributed by atoms with Crippen LogP contribution >= 0.6 is 0 Å². The average Bonchev–Trinajstić information content (AvgIpc) is 2.87. The van der Waals surface area contributed by atoms with Crippen LogP contribution in [0.15, 0.2) is 0 Å². The van der Waals surface area contributed by atoms with E-state index in [1.807, 2.05) is 0 Å². The average molecular weight is 177 g/mol. The fourth-order valence-corrected chi connectivity index (χ4v) is 2.16. The predicted octanol–water partition coefficient (Wildman–Crippen LogP) is 1.74. The second kappa shape index (κ2) is 2.56. The zero-order valence-electron chi connectivity index (χ0n) is 8.03. The topological polar surface area (TPSA) is 30.7 Å². The highest BCUT2D eigenvalue weighted by Gasteiger charge is 2.31. The smallest absolute Gasteiger partial charge is 0.136 e. The molecule has 1 aliphatic carbocycles. The summed E-state index contributed by atoms with van der Waals surface area (Å²) in [6.07, 6.45) is 5.06. The van der Waals surface area contributed by atoms with Crippen LogP contribution in [-0.4, -0.2) is 14.8 Å². The molecule has 3 heteroatoms. The summed E-state index contributed by atoms with van der Waals surface area (Å²) < 4.78 is 2.37. The molecule has 1 fully saturated rings. The van der Waals surface area contributed by atoms with Crippen molar-refractivity contribution >= 4 is 0 Å². The quantitative estimate of drug-likeness (QED) is 0.654. The van der Waals surface area contributed by atoms with Gasteiger partial charge in [-0.1, -0.05) is 6.92 Å². The lowest BCUT2D eigenvalue weighted by Gasteiger charge is -2.20. The highest BCUT2D eigenvalue weighted by molar-refractivity contribution is 5.09. The molecule has 1 saturated carbocycles. The molecule has 1 aromatic heterocycles. The molecule has 1 aliphatic heterocycles. The van der Waals surface area contributed by atoms with Gasteiger partial charge in [0, 0.05) is 18.9 Å². The van der Waals surface area contributed by atoms with Crippen molar-refractivity contribution in [3.05, 3.63) is 11.6 Å². The summed E-state index contributed by atoms with van der Waals surface area (Å²) in [5.74, 6) is 4.04. The molecule has 1 aromatic rings. The Balaban J connectivity index is 1.99. The van der Waals surface area contributed by atoms with Crippen LogP contribution in [0.3, 0.4) is 0 Å². The number of hydrogen-bond acceptors (Lipinski definition) is 2. The molecule has 0 saturated heterocycles. The Morgan fingerprint density at radius 3 is 2.85 bits per heavy atom. The maximum atomic E-state index is 4.31. The zero-order valence-corrected chi connectivity index (χ0v) is 8.03. The van der Waals surface area contributed by atoms with Crippen LogP contribution in [0.2, 0.25) is 0 Å². The normalized spacial score (nSPS) is 27.3. The fourth-order valence-electron chi connectivity index (χ4n) is 2.16. The molecule has 0 spiro atoms. The lowest BCUT2D eigenvalue weighted by molar-refractivity contribution is 0.386. The Labute approximate surface area is 78.2 Å². The van der Waals surface area contributed by atoms with E-state index in [1.165, 1.54) is 30.9 Å². The highest BCUT2D eigenvalue weighted by Crippen LogP contribution is 2.40. The Hall–Kier alpha value is -0.860. The summed E-state index contributed by atoms with van der Waals surface area (Å²) in [7, 11) is 0. The van der Waals surface area contributed by atoms with E-state index in [0.29, 0.717) is 0 Å². The summed E-state index contributed by atoms with van der Waals surface area (Å²) in [6.45, 7) is 3.47. The molecule has 1 unspecified atom stereocenters. The van der Waals surface area contributed by atoms with Gasteiger partial charge in [0.15, 0.2) is 0 Å². The minimum Gasteiger partial charge on any atom is -0.314 e. The molecular formula is C10H15N3. The van der Waals surface area contributed by atoms with Gasteiger partial charge in [-0.05, 0) is 25.2 Å². The molecule has 0 bridgehead atoms. The van der Waals surface area contributed by atoms with Gasteiger partial charge >= 0.3 is 0 Å². The van der Waals surface area contributed by atoms with Crippen molar-refractivity contribution in [3.8, 4) is 0 Å². The molecule has 0 aromatic carbocycles. The molecule has 0 N–H and O–H groups in total. The van der Waals surface area contributed by atoms with Gasteiger partial charge in [0.05, 0.1) is 0 Å². The summed E-state index contributed by atoms with van der Waals surface area (Å²) in [5, 5.41) is 8.57. The van der Waals surface area contributed by atoms with Crippen molar-refractivity contribution in [2.24, 2.45) is 5.92 Å². The molecule has 0 radical (unpaired) electrons. The molecule has 2 aliphatic rings. The maximum Gasteiger partial charge on any atom is 0.136 e. The highest BCUT2D eigenvalue weighted by atomic mass is 15.3. The van der Waals surface area contributed by atoms with Gasteiger partial charge in [-0.25, -0.2) is 0 Å². The van der Waals surface area contributed by atoms with Crippen LogP contribution in [-0.2, 0) is 13.0 Å². The van der Waals surface area contributed by atoms with Crippen LogP contribution in [0.25, 0.3) is 0 Å². The first-order valence-electron chi connectivity index (χ1n) is 5.26. The third-order valence-corrected chi connectivity index (χ3v) is 3.15. The predicted molar refractivity (Wildman–Crippen MR) is 49.5 cm³/mol. The molecule has 70 valence electrons. The first-order valence-corrected chi connectivity index (χ1v) is 5.26. The van der Waals surface area contributed by atoms with Crippen LogP contribution in [0.4, 0.5) is 0 Å². The van der Waals surface area contributed by atoms with Crippen molar-refractivity contribution in [2.75, 3.05) is 0 Å². The molecule has 13 heavy (non-hydrogen) atoms. The largest absolute Gasteiger partial charge is 0.314 e. The molecule has 3 nitrogen and oxygen atoms in total. The van der Waals surface area contributed by atoms with Crippen LogP contribution < -0.4 is 0 Å². The standard InChI is InChI=1S/C10H15N3/c1-7-2-5-9-11-12-10(8-3-4-8)13(9)6-7/h7-8H,2-6H2,1H3. The van der Waals surface area contributed by atoms with Gasteiger partial charge in [-0.2, -0.15) is 0 Å². The van der Waals surface area contributed by atoms with Crippen molar-refractivity contribution in [2.45, 2.75) is 45.1 Å². The minimum absolute atomic E-state index is 0.742. The van der Waals surface area contributed by atoms with Gasteiger partial charge in [-0.15, -0.1) is 10.2 Å². The van der Waals surface area contributed by atoms with Crippen LogP contribution in [0.1, 0.15) is 43.8 Å². The van der Waals surface area contributed by atoms with E-state index in [-0.39, 0.29) is 0 Å². The molecule has 2 heterocycles. The first-order chi connectivity index (χ1) is 6.34. The zero-order chi connectivity index (χ0) is 8.84. The number of hydrogen-bond donors (Lipinski definition) is 0. The van der Waals surface area contributed by atoms with E-state index < -0.39 is 0 Å². The van der Waals surface area contributed by atoms with Gasteiger partial charge in [-0.3, -0.25) is 0 Å². The number of aromatic nitrogens is 3. The van der Waals surface area contributed by atoms with Crippen molar-refractivity contribution in [3.63, 3.8) is 0 Å². The van der Waals surface area contributed by atoms with Crippen molar-refractivity contribution in [1.29, 1.82) is 0 Å². The number of nitrogens with zero attached hydrogens (tertiary/aromatic N) is 3. The van der Waals surface area contributed by atoms with Gasteiger partial charge in [0.1, 0.15) is 11.6 Å². The Morgan fingerprint density at radius 1 is 1.23 bits per heavy atom. The Bertz CT molecular complexity index is 325. The molecule has 3 rings (SSSR count). The summed E-state index contributed by atoms with van der Waals surface area (Å²) in [4.78, 5) is 0. The molecule has 1 atom stereocenters. The van der Waals surface area contributed by atoms with Crippen LogP contribution in [0, 0.1) is 5.92 Å². The van der Waals surface area contributed by atoms with E-state index in [0.717, 1.165) is 24.8 Å². The van der Waals surface area contributed by atoms with E-state index in [1.54, 1.807) is 0 Å². The van der Waals surface area contributed by atoms with Crippen LogP contribution in [0.5, 0.6) is 0 Å². The van der Waals surface area contributed by atoms with Gasteiger partial charge < -0.3 is 4.57 Å². The Kier molecular flexibility index (Phi) is 1.49. The van der Waals surface area contributed by atoms with Crippen molar-refractivity contribution < 1.29 is 0 Å². The molecular weight excluding hydrogens is 162 g/mol. The lowest BCUT2D eigenvalue weighted by atomic mass is 10.0. The maximum absolute atomic E-state index is 4.31. The molecule has 0 amide bonds. The fraction of sp³-hybridized carbons (Fsp3) is 0.800. The first kappa shape index (κ1) is 7.54.